The quantitative estimate of drug-likeness (QED) is 0.830. The van der Waals surface area contributed by atoms with Crippen molar-refractivity contribution in [1.82, 2.24) is 5.32 Å². The lowest BCUT2D eigenvalue weighted by atomic mass is 10.1. The van der Waals surface area contributed by atoms with Crippen LogP contribution in [0.4, 0.5) is 5.69 Å². The smallest absolute Gasteiger partial charge is 0.231 e. The van der Waals surface area contributed by atoms with Gasteiger partial charge >= 0.3 is 0 Å². The Kier molecular flexibility index (Phi) is 3.07. The predicted molar refractivity (Wildman–Crippen MR) is 76.0 cm³/mol. The molecule has 1 saturated carbocycles. The molecule has 19 heavy (non-hydrogen) atoms. The predicted octanol–water partition coefficient (Wildman–Crippen LogP) is 1.03. The van der Waals surface area contributed by atoms with E-state index in [1.807, 2.05) is 13.1 Å². The minimum atomic E-state index is 0.181. The topological polar surface area (TPSA) is 58.4 Å². The van der Waals surface area contributed by atoms with Crippen LogP contribution in [0.2, 0.25) is 0 Å². The number of nitrogens with zero attached hydrogens (tertiary/aromatic N) is 1. The molecule has 102 valence electrons. The highest BCUT2D eigenvalue weighted by molar-refractivity contribution is 6.00. The molecule has 4 heteroatoms. The summed E-state index contributed by atoms with van der Waals surface area (Å²) in [6, 6.07) is 6.29. The molecule has 2 aliphatic rings. The molecule has 1 fully saturated rings. The number of anilines is 1. The zero-order valence-electron chi connectivity index (χ0n) is 11.4. The second kappa shape index (κ2) is 4.62. The summed E-state index contributed by atoms with van der Waals surface area (Å²) in [7, 11) is 1.84. The van der Waals surface area contributed by atoms with E-state index in [1.54, 1.807) is 4.90 Å². The van der Waals surface area contributed by atoms with Crippen LogP contribution in [0.1, 0.15) is 24.0 Å². The summed E-state index contributed by atoms with van der Waals surface area (Å²) in [5, 5.41) is 3.49. The summed E-state index contributed by atoms with van der Waals surface area (Å²) in [5.41, 5.74) is 9.58. The van der Waals surface area contributed by atoms with Crippen LogP contribution in [0.15, 0.2) is 18.2 Å². The molecular formula is C15H21N3O. The van der Waals surface area contributed by atoms with Gasteiger partial charge in [-0.2, -0.15) is 0 Å². The van der Waals surface area contributed by atoms with Crippen molar-refractivity contribution >= 4 is 11.6 Å². The number of hydrogen-bond acceptors (Lipinski definition) is 3. The van der Waals surface area contributed by atoms with Crippen molar-refractivity contribution < 1.29 is 4.79 Å². The summed E-state index contributed by atoms with van der Waals surface area (Å²) < 4.78 is 0. The Hall–Kier alpha value is -1.39. The van der Waals surface area contributed by atoms with Crippen molar-refractivity contribution in [1.29, 1.82) is 0 Å². The molecule has 1 aromatic rings. The molecule has 3 rings (SSSR count). The number of benzene rings is 1. The molecule has 0 atom stereocenters. The van der Waals surface area contributed by atoms with Crippen LogP contribution in [0.5, 0.6) is 0 Å². The fourth-order valence-electron chi connectivity index (χ4n) is 2.74. The molecule has 3 N–H and O–H groups in total. The number of carbonyl (C=O) groups excluding carboxylic acids is 1. The van der Waals surface area contributed by atoms with Crippen LogP contribution in [-0.2, 0) is 17.8 Å². The van der Waals surface area contributed by atoms with Crippen molar-refractivity contribution in [2.45, 2.75) is 25.8 Å². The van der Waals surface area contributed by atoms with E-state index in [-0.39, 0.29) is 5.91 Å². The number of rotatable bonds is 5. The van der Waals surface area contributed by atoms with Gasteiger partial charge in [-0.3, -0.25) is 4.79 Å². The van der Waals surface area contributed by atoms with Crippen LogP contribution >= 0.6 is 0 Å². The highest BCUT2D eigenvalue weighted by Gasteiger charge is 2.40. The molecule has 0 bridgehead atoms. The second-order valence-corrected chi connectivity index (χ2v) is 5.90. The van der Waals surface area contributed by atoms with Gasteiger partial charge in [0.25, 0.3) is 0 Å². The first-order chi connectivity index (χ1) is 9.13. The first-order valence-electron chi connectivity index (χ1n) is 6.93. The summed E-state index contributed by atoms with van der Waals surface area (Å²) in [6.45, 7) is 2.63. The number of fused-ring (bicyclic) bond motifs is 1. The van der Waals surface area contributed by atoms with Gasteiger partial charge in [-0.15, -0.1) is 0 Å². The first-order valence-corrected chi connectivity index (χ1v) is 6.93. The molecule has 1 aromatic carbocycles. The van der Waals surface area contributed by atoms with Gasteiger partial charge in [0.15, 0.2) is 0 Å². The molecule has 0 saturated heterocycles. The van der Waals surface area contributed by atoms with Gasteiger partial charge in [0.2, 0.25) is 5.91 Å². The van der Waals surface area contributed by atoms with E-state index in [9.17, 15) is 4.79 Å². The molecule has 1 aliphatic heterocycles. The minimum absolute atomic E-state index is 0.181. The minimum Gasteiger partial charge on any atom is -0.330 e. The lowest BCUT2D eigenvalue weighted by Gasteiger charge is -2.14. The number of nitrogens with two attached hydrogens (primary N) is 1. The average molecular weight is 259 g/mol. The van der Waals surface area contributed by atoms with Gasteiger partial charge in [0, 0.05) is 25.8 Å². The Balaban J connectivity index is 1.61. The summed E-state index contributed by atoms with van der Waals surface area (Å²) >= 11 is 0. The Labute approximate surface area is 114 Å². The van der Waals surface area contributed by atoms with E-state index in [2.05, 4.69) is 17.4 Å². The first kappa shape index (κ1) is 12.6. The second-order valence-electron chi connectivity index (χ2n) is 5.90. The Morgan fingerprint density at radius 1 is 1.42 bits per heavy atom. The normalized spacial score (nSPS) is 19.7. The van der Waals surface area contributed by atoms with Gasteiger partial charge in [0.1, 0.15) is 0 Å². The summed E-state index contributed by atoms with van der Waals surface area (Å²) in [5.74, 6) is 0.181. The number of likely N-dealkylation sites (N-methyl/N-ethyl adjacent to an activating group) is 1. The van der Waals surface area contributed by atoms with E-state index in [4.69, 9.17) is 5.73 Å². The average Bonchev–Trinajstić information content (AvgIpc) is 3.13. The SMILES string of the molecule is CN1C(=O)Cc2cc(CNCC3(CN)CC3)ccc21. The van der Waals surface area contributed by atoms with Gasteiger partial charge in [-0.05, 0) is 42.0 Å². The Bertz CT molecular complexity index is 508. The zero-order valence-corrected chi connectivity index (χ0v) is 11.4. The van der Waals surface area contributed by atoms with E-state index < -0.39 is 0 Å². The van der Waals surface area contributed by atoms with Crippen molar-refractivity contribution in [3.05, 3.63) is 29.3 Å². The molecule has 0 spiro atoms. The maximum Gasteiger partial charge on any atom is 0.231 e. The number of nitrogens with one attached hydrogen (secondary N) is 1. The lowest BCUT2D eigenvalue weighted by molar-refractivity contribution is -0.117. The van der Waals surface area contributed by atoms with Crippen LogP contribution in [0, 0.1) is 5.41 Å². The molecule has 1 amide bonds. The summed E-state index contributed by atoms with van der Waals surface area (Å²) in [4.78, 5) is 13.4. The van der Waals surface area contributed by atoms with Crippen LogP contribution < -0.4 is 16.0 Å². The van der Waals surface area contributed by atoms with E-state index in [0.29, 0.717) is 11.8 Å². The number of carbonyl (C=O) groups is 1. The number of amides is 1. The van der Waals surface area contributed by atoms with E-state index in [0.717, 1.165) is 30.9 Å². The van der Waals surface area contributed by atoms with Crippen molar-refractivity contribution in [3.8, 4) is 0 Å². The van der Waals surface area contributed by atoms with Gasteiger partial charge < -0.3 is 16.0 Å². The maximum atomic E-state index is 11.6. The molecule has 1 aliphatic carbocycles. The molecule has 4 nitrogen and oxygen atoms in total. The summed E-state index contributed by atoms with van der Waals surface area (Å²) in [6.07, 6.45) is 3.03. The van der Waals surface area contributed by atoms with Crippen molar-refractivity contribution in [2.24, 2.45) is 11.1 Å². The van der Waals surface area contributed by atoms with Crippen LogP contribution in [0.25, 0.3) is 0 Å². The lowest BCUT2D eigenvalue weighted by Crippen LogP contribution is -2.29. The van der Waals surface area contributed by atoms with Gasteiger partial charge in [-0.25, -0.2) is 0 Å². The van der Waals surface area contributed by atoms with Crippen LogP contribution in [0.3, 0.4) is 0 Å². The van der Waals surface area contributed by atoms with Crippen molar-refractivity contribution in [3.63, 3.8) is 0 Å². The van der Waals surface area contributed by atoms with Crippen molar-refractivity contribution in [2.75, 3.05) is 25.0 Å². The third-order valence-electron chi connectivity index (χ3n) is 4.44. The maximum absolute atomic E-state index is 11.6. The number of hydrogen-bond donors (Lipinski definition) is 2. The fourth-order valence-corrected chi connectivity index (χ4v) is 2.74. The van der Waals surface area contributed by atoms with Crippen LogP contribution in [-0.4, -0.2) is 26.0 Å². The zero-order chi connectivity index (χ0) is 13.5. The molecule has 0 aromatic heterocycles. The van der Waals surface area contributed by atoms with Gasteiger partial charge in [0.05, 0.1) is 6.42 Å². The molecular weight excluding hydrogens is 238 g/mol. The standard InChI is InChI=1S/C15H21N3O/c1-18-13-3-2-11(6-12(13)7-14(18)19)8-17-10-15(9-16)4-5-15/h2-3,6,17H,4-5,7-10,16H2,1H3. The monoisotopic (exact) mass is 259 g/mol. The molecule has 0 radical (unpaired) electrons. The fraction of sp³-hybridized carbons (Fsp3) is 0.533. The largest absolute Gasteiger partial charge is 0.330 e. The Morgan fingerprint density at radius 2 is 2.21 bits per heavy atom. The highest BCUT2D eigenvalue weighted by Crippen LogP contribution is 2.43. The Morgan fingerprint density at radius 3 is 2.89 bits per heavy atom. The van der Waals surface area contributed by atoms with E-state index in [1.165, 1.54) is 18.4 Å². The third-order valence-corrected chi connectivity index (χ3v) is 4.44. The third kappa shape index (κ3) is 2.38. The van der Waals surface area contributed by atoms with Gasteiger partial charge in [-0.1, -0.05) is 12.1 Å². The molecule has 1 heterocycles. The molecule has 0 unspecified atom stereocenters. The van der Waals surface area contributed by atoms with E-state index >= 15 is 0 Å². The highest BCUT2D eigenvalue weighted by atomic mass is 16.2.